The Balaban J connectivity index is 1.54. The van der Waals surface area contributed by atoms with Crippen molar-refractivity contribution in [1.29, 1.82) is 0 Å². The molecule has 1 atom stereocenters. The van der Waals surface area contributed by atoms with Crippen LogP contribution in [0.1, 0.15) is 24.0 Å². The molecule has 1 saturated heterocycles. The van der Waals surface area contributed by atoms with Gasteiger partial charge < -0.3 is 19.5 Å². The van der Waals surface area contributed by atoms with E-state index in [1.54, 1.807) is 11.0 Å². The number of amides is 1. The van der Waals surface area contributed by atoms with E-state index in [4.69, 9.17) is 9.47 Å². The summed E-state index contributed by atoms with van der Waals surface area (Å²) in [5, 5.41) is 10.9. The highest BCUT2D eigenvalue weighted by Gasteiger charge is 2.36. The molecule has 2 aromatic rings. The molecule has 2 aromatic carbocycles. The molecule has 28 heavy (non-hydrogen) atoms. The summed E-state index contributed by atoms with van der Waals surface area (Å²) < 4.78 is 24.4. The standard InChI is InChI=1S/C22H26FNO4/c1-16-7-8-20(11-17(16)2)28-15-22(26)9-4-10-24(14-22)21(25)13-27-19-6-3-5-18(23)12-19/h3,5-8,11-12,26H,4,9-10,13-15H2,1-2H3. The molecule has 0 aliphatic carbocycles. The maximum absolute atomic E-state index is 13.2. The highest BCUT2D eigenvalue weighted by molar-refractivity contribution is 5.78. The Hall–Kier alpha value is -2.60. The van der Waals surface area contributed by atoms with Gasteiger partial charge in [-0.25, -0.2) is 4.39 Å². The fraction of sp³-hybridized carbons (Fsp3) is 0.409. The molecule has 5 nitrogen and oxygen atoms in total. The lowest BCUT2D eigenvalue weighted by Gasteiger charge is -2.38. The molecule has 1 heterocycles. The van der Waals surface area contributed by atoms with Gasteiger partial charge in [-0.3, -0.25) is 4.79 Å². The topological polar surface area (TPSA) is 59.0 Å². The predicted octanol–water partition coefficient (Wildman–Crippen LogP) is 3.25. The van der Waals surface area contributed by atoms with Gasteiger partial charge in [0.25, 0.3) is 5.91 Å². The number of hydrogen-bond acceptors (Lipinski definition) is 4. The number of rotatable bonds is 6. The van der Waals surface area contributed by atoms with E-state index in [9.17, 15) is 14.3 Å². The highest BCUT2D eigenvalue weighted by atomic mass is 19.1. The van der Waals surface area contributed by atoms with Crippen LogP contribution in [-0.2, 0) is 4.79 Å². The summed E-state index contributed by atoms with van der Waals surface area (Å²) in [4.78, 5) is 14.0. The Labute approximate surface area is 164 Å². The highest BCUT2D eigenvalue weighted by Crippen LogP contribution is 2.24. The number of carbonyl (C=O) groups excluding carboxylic acids is 1. The molecule has 0 spiro atoms. The molecule has 0 aromatic heterocycles. The van der Waals surface area contributed by atoms with Crippen molar-refractivity contribution in [3.63, 3.8) is 0 Å². The van der Waals surface area contributed by atoms with E-state index in [2.05, 4.69) is 0 Å². The molecule has 6 heteroatoms. The van der Waals surface area contributed by atoms with Gasteiger partial charge in [0.15, 0.2) is 6.61 Å². The Morgan fingerprint density at radius 1 is 1.14 bits per heavy atom. The molecule has 1 aliphatic rings. The van der Waals surface area contributed by atoms with Crippen LogP contribution in [0.4, 0.5) is 4.39 Å². The number of likely N-dealkylation sites (tertiary alicyclic amines) is 1. The zero-order valence-corrected chi connectivity index (χ0v) is 16.3. The van der Waals surface area contributed by atoms with Crippen LogP contribution in [0, 0.1) is 19.7 Å². The second-order valence-electron chi connectivity index (χ2n) is 7.42. The number of β-amino-alcohol motifs (C(OH)–C–C–N with tert-alkyl or cyclic N) is 1. The Morgan fingerprint density at radius 2 is 1.93 bits per heavy atom. The van der Waals surface area contributed by atoms with Crippen LogP contribution in [0.5, 0.6) is 11.5 Å². The maximum Gasteiger partial charge on any atom is 0.260 e. The number of carbonyl (C=O) groups is 1. The van der Waals surface area contributed by atoms with Crippen LogP contribution in [0.25, 0.3) is 0 Å². The van der Waals surface area contributed by atoms with Crippen molar-refractivity contribution in [3.05, 3.63) is 59.4 Å². The molecule has 1 fully saturated rings. The molecule has 150 valence electrons. The zero-order chi connectivity index (χ0) is 20.1. The number of benzene rings is 2. The van der Waals surface area contributed by atoms with E-state index in [1.165, 1.54) is 23.8 Å². The Kier molecular flexibility index (Phi) is 6.19. The van der Waals surface area contributed by atoms with Crippen molar-refractivity contribution >= 4 is 5.91 Å². The number of halogens is 1. The second-order valence-corrected chi connectivity index (χ2v) is 7.42. The van der Waals surface area contributed by atoms with Crippen LogP contribution >= 0.6 is 0 Å². The number of piperidine rings is 1. The summed E-state index contributed by atoms with van der Waals surface area (Å²) in [6.07, 6.45) is 1.24. The number of aliphatic hydroxyl groups is 1. The third-order valence-corrected chi connectivity index (χ3v) is 5.05. The minimum absolute atomic E-state index is 0.115. The number of aryl methyl sites for hydroxylation is 2. The summed E-state index contributed by atoms with van der Waals surface area (Å²) in [7, 11) is 0. The Morgan fingerprint density at radius 3 is 2.68 bits per heavy atom. The summed E-state index contributed by atoms with van der Waals surface area (Å²) in [6.45, 7) is 4.70. The van der Waals surface area contributed by atoms with E-state index >= 15 is 0 Å². The molecular formula is C22H26FNO4. The van der Waals surface area contributed by atoms with Gasteiger partial charge >= 0.3 is 0 Å². The molecule has 1 unspecified atom stereocenters. The van der Waals surface area contributed by atoms with Gasteiger partial charge in [-0.05, 0) is 62.1 Å². The van der Waals surface area contributed by atoms with Crippen LogP contribution in [0.3, 0.4) is 0 Å². The minimum atomic E-state index is -1.11. The lowest BCUT2D eigenvalue weighted by Crippen LogP contribution is -2.54. The van der Waals surface area contributed by atoms with Gasteiger partial charge in [0.2, 0.25) is 0 Å². The van der Waals surface area contributed by atoms with Crippen molar-refractivity contribution in [3.8, 4) is 11.5 Å². The fourth-order valence-corrected chi connectivity index (χ4v) is 3.26. The van der Waals surface area contributed by atoms with Crippen molar-refractivity contribution in [1.82, 2.24) is 4.90 Å². The van der Waals surface area contributed by atoms with E-state index in [1.807, 2.05) is 32.0 Å². The first kappa shape index (κ1) is 20.1. The summed E-state index contributed by atoms with van der Waals surface area (Å²) >= 11 is 0. The first-order valence-electron chi connectivity index (χ1n) is 9.43. The van der Waals surface area contributed by atoms with E-state index in [-0.39, 0.29) is 25.7 Å². The van der Waals surface area contributed by atoms with Gasteiger partial charge in [0.05, 0.1) is 6.54 Å². The maximum atomic E-state index is 13.2. The van der Waals surface area contributed by atoms with Gasteiger partial charge in [0.1, 0.15) is 29.5 Å². The number of hydrogen-bond donors (Lipinski definition) is 1. The van der Waals surface area contributed by atoms with Crippen LogP contribution in [0.2, 0.25) is 0 Å². The van der Waals surface area contributed by atoms with Crippen molar-refractivity contribution < 1.29 is 23.8 Å². The van der Waals surface area contributed by atoms with Gasteiger partial charge in [-0.2, -0.15) is 0 Å². The average Bonchev–Trinajstić information content (AvgIpc) is 2.67. The molecule has 0 saturated carbocycles. The summed E-state index contributed by atoms with van der Waals surface area (Å²) in [6, 6.07) is 11.5. The normalized spacial score (nSPS) is 19.4. The zero-order valence-electron chi connectivity index (χ0n) is 16.3. The fourth-order valence-electron chi connectivity index (χ4n) is 3.26. The van der Waals surface area contributed by atoms with Crippen molar-refractivity contribution in [2.45, 2.75) is 32.3 Å². The first-order chi connectivity index (χ1) is 13.3. The average molecular weight is 387 g/mol. The van der Waals surface area contributed by atoms with Gasteiger partial charge in [0, 0.05) is 12.6 Å². The predicted molar refractivity (Wildman–Crippen MR) is 104 cm³/mol. The van der Waals surface area contributed by atoms with E-state index in [0.29, 0.717) is 30.9 Å². The molecule has 0 radical (unpaired) electrons. The first-order valence-corrected chi connectivity index (χ1v) is 9.43. The van der Waals surface area contributed by atoms with Crippen LogP contribution < -0.4 is 9.47 Å². The summed E-state index contributed by atoms with van der Waals surface area (Å²) in [5.74, 6) is 0.350. The number of nitrogens with zero attached hydrogens (tertiary/aromatic N) is 1. The molecular weight excluding hydrogens is 361 g/mol. The van der Waals surface area contributed by atoms with E-state index in [0.717, 1.165) is 5.56 Å². The van der Waals surface area contributed by atoms with E-state index < -0.39 is 11.4 Å². The Bertz CT molecular complexity index is 841. The minimum Gasteiger partial charge on any atom is -0.491 e. The molecule has 1 aliphatic heterocycles. The molecule has 0 bridgehead atoms. The largest absolute Gasteiger partial charge is 0.491 e. The van der Waals surface area contributed by atoms with Gasteiger partial charge in [-0.15, -0.1) is 0 Å². The smallest absolute Gasteiger partial charge is 0.260 e. The molecule has 1 amide bonds. The SMILES string of the molecule is Cc1ccc(OCC2(O)CCCN(C(=O)COc3cccc(F)c3)C2)cc1C. The van der Waals surface area contributed by atoms with Crippen LogP contribution in [-0.4, -0.2) is 47.8 Å². The third kappa shape index (κ3) is 5.23. The lowest BCUT2D eigenvalue weighted by atomic mass is 9.93. The lowest BCUT2D eigenvalue weighted by molar-refractivity contribution is -0.142. The quantitative estimate of drug-likeness (QED) is 0.827. The molecule has 3 rings (SSSR count). The van der Waals surface area contributed by atoms with Crippen molar-refractivity contribution in [2.24, 2.45) is 0 Å². The monoisotopic (exact) mass is 387 g/mol. The molecule has 1 N–H and O–H groups in total. The summed E-state index contributed by atoms with van der Waals surface area (Å²) in [5.41, 5.74) is 1.20. The third-order valence-electron chi connectivity index (χ3n) is 5.05. The van der Waals surface area contributed by atoms with Crippen molar-refractivity contribution in [2.75, 3.05) is 26.3 Å². The van der Waals surface area contributed by atoms with Crippen LogP contribution in [0.15, 0.2) is 42.5 Å². The number of ether oxygens (including phenoxy) is 2. The van der Waals surface area contributed by atoms with Gasteiger partial charge in [-0.1, -0.05) is 12.1 Å². The second kappa shape index (κ2) is 8.61.